The second-order valence-corrected chi connectivity index (χ2v) is 4.24. The van der Waals surface area contributed by atoms with Gasteiger partial charge < -0.3 is 9.64 Å². The van der Waals surface area contributed by atoms with Crippen molar-refractivity contribution in [1.29, 1.82) is 0 Å². The molecule has 0 unspecified atom stereocenters. The van der Waals surface area contributed by atoms with Gasteiger partial charge in [0.1, 0.15) is 16.9 Å². The summed E-state index contributed by atoms with van der Waals surface area (Å²) in [4.78, 5) is 28.2. The number of carbonyl (C=O) groups excluding carboxylic acids is 2. The minimum Gasteiger partial charge on any atom is -0.465 e. The maximum Gasteiger partial charge on any atom is 0.325 e. The van der Waals surface area contributed by atoms with Gasteiger partial charge in [-0.15, -0.1) is 0 Å². The fourth-order valence-electron chi connectivity index (χ4n) is 1.28. The Hall–Kier alpha value is -1.33. The number of halogens is 2. The van der Waals surface area contributed by atoms with Gasteiger partial charge in [0.25, 0.3) is 5.91 Å². The molecule has 0 bridgehead atoms. The molecule has 0 aromatic carbocycles. The zero-order chi connectivity index (χ0) is 13.7. The van der Waals surface area contributed by atoms with Gasteiger partial charge in [-0.3, -0.25) is 9.59 Å². The highest BCUT2D eigenvalue weighted by Crippen LogP contribution is 2.15. The number of hydrogen-bond donors (Lipinski definition) is 0. The van der Waals surface area contributed by atoms with Gasteiger partial charge in [0.2, 0.25) is 0 Å². The Morgan fingerprint density at radius 3 is 2.39 bits per heavy atom. The molecular formula is C11H12Cl2N2O3. The van der Waals surface area contributed by atoms with Crippen LogP contribution in [0.15, 0.2) is 12.1 Å². The van der Waals surface area contributed by atoms with E-state index in [9.17, 15) is 9.59 Å². The highest BCUT2D eigenvalue weighted by molar-refractivity contribution is 6.33. The second-order valence-electron chi connectivity index (χ2n) is 3.47. The maximum atomic E-state index is 12.0. The van der Waals surface area contributed by atoms with Gasteiger partial charge in [-0.25, -0.2) is 4.98 Å². The van der Waals surface area contributed by atoms with E-state index in [-0.39, 0.29) is 34.9 Å². The highest BCUT2D eigenvalue weighted by atomic mass is 35.5. The molecule has 0 saturated carbocycles. The van der Waals surface area contributed by atoms with Crippen LogP contribution in [0.2, 0.25) is 10.3 Å². The largest absolute Gasteiger partial charge is 0.465 e. The average Bonchev–Trinajstić information content (AvgIpc) is 2.26. The molecular weight excluding hydrogens is 279 g/mol. The average molecular weight is 291 g/mol. The first-order valence-corrected chi connectivity index (χ1v) is 5.93. The molecule has 1 aromatic rings. The number of aromatic nitrogens is 1. The summed E-state index contributed by atoms with van der Waals surface area (Å²) in [5.41, 5.74) is 0.270. The zero-order valence-corrected chi connectivity index (χ0v) is 11.5. The van der Waals surface area contributed by atoms with Crippen molar-refractivity contribution in [3.05, 3.63) is 28.0 Å². The minimum atomic E-state index is -0.473. The number of esters is 1. The topological polar surface area (TPSA) is 59.5 Å². The molecule has 98 valence electrons. The maximum absolute atomic E-state index is 12.0. The van der Waals surface area contributed by atoms with E-state index in [1.807, 2.05) is 0 Å². The van der Waals surface area contributed by atoms with Crippen LogP contribution in [0.1, 0.15) is 17.3 Å². The number of rotatable bonds is 4. The molecule has 0 aliphatic carbocycles. The Balaban J connectivity index is 2.77. The summed E-state index contributed by atoms with van der Waals surface area (Å²) in [6.07, 6.45) is 0. The first-order valence-electron chi connectivity index (χ1n) is 5.18. The number of carbonyl (C=O) groups is 2. The molecule has 0 aliphatic rings. The monoisotopic (exact) mass is 290 g/mol. The third-order valence-electron chi connectivity index (χ3n) is 2.03. The lowest BCUT2D eigenvalue weighted by molar-refractivity contribution is -0.143. The van der Waals surface area contributed by atoms with E-state index in [0.717, 1.165) is 0 Å². The summed E-state index contributed by atoms with van der Waals surface area (Å²) in [7, 11) is 1.49. The fourth-order valence-corrected chi connectivity index (χ4v) is 1.74. The van der Waals surface area contributed by atoms with E-state index in [0.29, 0.717) is 0 Å². The highest BCUT2D eigenvalue weighted by Gasteiger charge is 2.16. The van der Waals surface area contributed by atoms with E-state index in [1.165, 1.54) is 24.1 Å². The fraction of sp³-hybridized carbons (Fsp3) is 0.364. The lowest BCUT2D eigenvalue weighted by Gasteiger charge is -2.16. The van der Waals surface area contributed by atoms with Crippen molar-refractivity contribution in [3.63, 3.8) is 0 Å². The van der Waals surface area contributed by atoms with Gasteiger partial charge in [0.15, 0.2) is 0 Å². The number of pyridine rings is 1. The molecule has 18 heavy (non-hydrogen) atoms. The van der Waals surface area contributed by atoms with Crippen molar-refractivity contribution in [2.45, 2.75) is 6.92 Å². The molecule has 0 aliphatic heterocycles. The number of ether oxygens (including phenoxy) is 1. The van der Waals surface area contributed by atoms with E-state index < -0.39 is 5.97 Å². The molecule has 0 N–H and O–H groups in total. The van der Waals surface area contributed by atoms with Crippen molar-refractivity contribution in [2.75, 3.05) is 20.2 Å². The molecule has 0 radical (unpaired) electrons. The Kier molecular flexibility index (Phi) is 5.37. The Morgan fingerprint density at radius 1 is 1.33 bits per heavy atom. The van der Waals surface area contributed by atoms with Crippen LogP contribution in [0, 0.1) is 0 Å². The molecule has 1 rings (SSSR count). The zero-order valence-electron chi connectivity index (χ0n) is 9.94. The van der Waals surface area contributed by atoms with E-state index >= 15 is 0 Å². The van der Waals surface area contributed by atoms with E-state index in [2.05, 4.69) is 4.98 Å². The van der Waals surface area contributed by atoms with Crippen molar-refractivity contribution >= 4 is 35.1 Å². The quantitative estimate of drug-likeness (QED) is 0.629. The Labute approximate surface area is 115 Å². The number of amides is 1. The first kappa shape index (κ1) is 14.7. The summed E-state index contributed by atoms with van der Waals surface area (Å²) < 4.78 is 4.75. The Bertz CT molecular complexity index is 445. The molecule has 7 heteroatoms. The summed E-state index contributed by atoms with van der Waals surface area (Å²) in [5.74, 6) is -0.853. The van der Waals surface area contributed by atoms with Crippen LogP contribution >= 0.6 is 23.2 Å². The molecule has 1 heterocycles. The summed E-state index contributed by atoms with van der Waals surface area (Å²) >= 11 is 11.4. The van der Waals surface area contributed by atoms with Crippen LogP contribution in [0.5, 0.6) is 0 Å². The van der Waals surface area contributed by atoms with Crippen molar-refractivity contribution in [1.82, 2.24) is 9.88 Å². The molecule has 0 fully saturated rings. The van der Waals surface area contributed by atoms with Crippen LogP contribution < -0.4 is 0 Å². The molecule has 0 saturated heterocycles. The predicted molar refractivity (Wildman–Crippen MR) is 67.9 cm³/mol. The summed E-state index contributed by atoms with van der Waals surface area (Å²) in [5, 5.41) is 0.241. The number of likely N-dealkylation sites (N-methyl/N-ethyl adjacent to an activating group) is 1. The van der Waals surface area contributed by atoms with E-state index in [1.54, 1.807) is 6.92 Å². The van der Waals surface area contributed by atoms with E-state index in [4.69, 9.17) is 27.9 Å². The second kappa shape index (κ2) is 6.56. The molecule has 1 aromatic heterocycles. The number of hydrogen-bond acceptors (Lipinski definition) is 4. The SMILES string of the molecule is CCOC(=O)CN(C)C(=O)c1cc(Cl)nc(Cl)c1. The molecule has 5 nitrogen and oxygen atoms in total. The van der Waals surface area contributed by atoms with Crippen molar-refractivity contribution < 1.29 is 14.3 Å². The van der Waals surface area contributed by atoms with Gasteiger partial charge in [-0.05, 0) is 19.1 Å². The molecule has 0 spiro atoms. The lowest BCUT2D eigenvalue weighted by Crippen LogP contribution is -2.33. The van der Waals surface area contributed by atoms with Gasteiger partial charge in [-0.2, -0.15) is 0 Å². The third-order valence-corrected chi connectivity index (χ3v) is 2.42. The van der Waals surface area contributed by atoms with Crippen molar-refractivity contribution in [2.24, 2.45) is 0 Å². The van der Waals surface area contributed by atoms with Gasteiger partial charge >= 0.3 is 5.97 Å². The third kappa shape index (κ3) is 4.16. The van der Waals surface area contributed by atoms with Crippen LogP contribution in [0.25, 0.3) is 0 Å². The molecule has 1 amide bonds. The Morgan fingerprint density at radius 2 is 1.89 bits per heavy atom. The minimum absolute atomic E-state index is 0.121. The van der Waals surface area contributed by atoms with Gasteiger partial charge in [0.05, 0.1) is 6.61 Å². The van der Waals surface area contributed by atoms with Gasteiger partial charge in [-0.1, -0.05) is 23.2 Å². The predicted octanol–water partition coefficient (Wildman–Crippen LogP) is 2.02. The molecule has 0 atom stereocenters. The van der Waals surface area contributed by atoms with Crippen LogP contribution in [-0.2, 0) is 9.53 Å². The van der Waals surface area contributed by atoms with Crippen LogP contribution in [0.3, 0.4) is 0 Å². The summed E-state index contributed by atoms with van der Waals surface area (Å²) in [6.45, 7) is 1.83. The normalized spacial score (nSPS) is 10.0. The van der Waals surface area contributed by atoms with Crippen LogP contribution in [0.4, 0.5) is 0 Å². The first-order chi connectivity index (χ1) is 8.43. The van der Waals surface area contributed by atoms with Crippen molar-refractivity contribution in [3.8, 4) is 0 Å². The number of nitrogens with zero attached hydrogens (tertiary/aromatic N) is 2. The van der Waals surface area contributed by atoms with Gasteiger partial charge in [0, 0.05) is 12.6 Å². The van der Waals surface area contributed by atoms with Crippen LogP contribution in [-0.4, -0.2) is 42.0 Å². The lowest BCUT2D eigenvalue weighted by atomic mass is 10.2. The summed E-state index contributed by atoms with van der Waals surface area (Å²) in [6, 6.07) is 2.77. The smallest absolute Gasteiger partial charge is 0.325 e. The standard InChI is InChI=1S/C11H12Cl2N2O3/c1-3-18-10(16)6-15(2)11(17)7-4-8(12)14-9(13)5-7/h4-5H,3,6H2,1-2H3.